The van der Waals surface area contributed by atoms with E-state index in [1.165, 1.54) is 18.3 Å². The Morgan fingerprint density at radius 2 is 1.67 bits per heavy atom. The van der Waals surface area contributed by atoms with E-state index >= 15 is 0 Å². The number of hydrogen-bond donors (Lipinski definition) is 4. The number of imidazole rings is 1. The zero-order chi connectivity index (χ0) is 36.8. The highest BCUT2D eigenvalue weighted by atomic mass is 32.1. The number of ketones is 2. The molecule has 0 radical (unpaired) electrons. The number of nitrogens with one attached hydrogen (secondary N) is 2. The maximum absolute atomic E-state index is 13.9. The van der Waals surface area contributed by atoms with Gasteiger partial charge in [-0.3, -0.25) is 19.4 Å². The van der Waals surface area contributed by atoms with Crippen LogP contribution in [0.25, 0.3) is 10.2 Å². The van der Waals surface area contributed by atoms with Crippen molar-refractivity contribution >= 4 is 50.9 Å². The molecule has 2 heterocycles. The second-order valence-corrected chi connectivity index (χ2v) is 14.0. The van der Waals surface area contributed by atoms with E-state index in [2.05, 4.69) is 25.6 Å². The summed E-state index contributed by atoms with van der Waals surface area (Å²) in [5.41, 5.74) is 13.4. The van der Waals surface area contributed by atoms with Crippen LogP contribution in [0.1, 0.15) is 73.9 Å². The van der Waals surface area contributed by atoms with Crippen LogP contribution in [0.15, 0.2) is 72.1 Å². The molecule has 0 aliphatic carbocycles. The Morgan fingerprint density at radius 1 is 0.941 bits per heavy atom. The monoisotopic (exact) mass is 716 g/mol. The molecule has 0 unspecified atom stereocenters. The van der Waals surface area contributed by atoms with Gasteiger partial charge in [-0.15, -0.1) is 11.3 Å². The molecule has 51 heavy (non-hydrogen) atoms. The zero-order valence-electron chi connectivity index (χ0n) is 29.4. The third-order valence-electron chi connectivity index (χ3n) is 8.25. The molecule has 3 atom stereocenters. The van der Waals surface area contributed by atoms with E-state index in [9.17, 15) is 19.2 Å². The van der Waals surface area contributed by atoms with Crippen molar-refractivity contribution in [2.24, 2.45) is 28.3 Å². The number of amides is 2. The Labute approximate surface area is 302 Å². The van der Waals surface area contributed by atoms with Crippen molar-refractivity contribution in [3.63, 3.8) is 0 Å². The van der Waals surface area contributed by atoms with E-state index in [1.807, 2.05) is 68.4 Å². The van der Waals surface area contributed by atoms with Gasteiger partial charge in [0.05, 0.1) is 35.1 Å². The highest BCUT2D eigenvalue weighted by molar-refractivity contribution is 7.20. The Bertz CT molecular complexity index is 1750. The molecule has 0 aliphatic rings. The summed E-state index contributed by atoms with van der Waals surface area (Å²) >= 11 is 1.26. The highest BCUT2D eigenvalue weighted by Gasteiger charge is 2.31. The van der Waals surface area contributed by atoms with E-state index < -0.39 is 29.8 Å². The number of para-hydroxylation sites is 1. The van der Waals surface area contributed by atoms with Gasteiger partial charge in [0, 0.05) is 31.3 Å². The number of guanidine groups is 1. The van der Waals surface area contributed by atoms with Gasteiger partial charge >= 0.3 is 0 Å². The summed E-state index contributed by atoms with van der Waals surface area (Å²) in [4.78, 5) is 66.7. The summed E-state index contributed by atoms with van der Waals surface area (Å²) < 4.78 is 8.54. The molecule has 2 aromatic heterocycles. The summed E-state index contributed by atoms with van der Waals surface area (Å²) in [6.07, 6.45) is 5.11. The van der Waals surface area contributed by atoms with Gasteiger partial charge in [-0.05, 0) is 56.2 Å². The Morgan fingerprint density at radius 3 is 2.37 bits per heavy atom. The van der Waals surface area contributed by atoms with Gasteiger partial charge in [0.2, 0.25) is 17.6 Å². The van der Waals surface area contributed by atoms with Crippen molar-refractivity contribution < 1.29 is 23.9 Å². The minimum Gasteiger partial charge on any atom is -0.370 e. The number of nitrogens with zero attached hydrogens (tertiary/aromatic N) is 4. The average Bonchev–Trinajstić information content (AvgIpc) is 3.74. The fourth-order valence-electron chi connectivity index (χ4n) is 5.56. The smallest absolute Gasteiger partial charge is 0.243 e. The highest BCUT2D eigenvalue weighted by Crippen LogP contribution is 2.24. The first kappa shape index (κ1) is 38.8. The standard InChI is InChI=1S/C37H48N8O5S/c1-24(2)15-16-31(35(49)42-30(13-9-17-41-37(38)39)33(47)36-44-29-12-7-8-14-32(29)51-36)43-34(48)27(18-25(3)46)19-28-20-40-22-45(28)23-50-21-26-10-5-4-6-11-26/h4-8,10-12,14,20,22,24,27,30-31H,9,13,15-19,21,23H2,1-3H3,(H,42,49)(H,43,48)(H4,38,39,41)/t27-,30-,31-/m0/s1. The maximum Gasteiger partial charge on any atom is 0.243 e. The lowest BCUT2D eigenvalue weighted by Gasteiger charge is -2.25. The number of ether oxygens (including phenoxy) is 1. The minimum absolute atomic E-state index is 0.0239. The normalized spacial score (nSPS) is 13.0. The molecular weight excluding hydrogens is 669 g/mol. The Balaban J connectivity index is 1.49. The Hall–Kier alpha value is -4.95. The molecule has 4 rings (SSSR count). The molecule has 0 aliphatic heterocycles. The fourth-order valence-corrected chi connectivity index (χ4v) is 6.52. The SMILES string of the molecule is CC(=O)C[C@@H](Cc1cncn1COCc1ccccc1)C(=O)N[C@@H](CCC(C)C)C(=O)N[C@@H](CCCN=C(N)N)C(=O)c1nc2ccccc2s1. The number of thiazole rings is 1. The van der Waals surface area contributed by atoms with Crippen molar-refractivity contribution in [2.75, 3.05) is 6.54 Å². The number of hydrogen-bond acceptors (Lipinski definition) is 9. The van der Waals surface area contributed by atoms with Crippen molar-refractivity contribution in [3.8, 4) is 0 Å². The number of nitrogens with two attached hydrogens (primary N) is 2. The molecule has 0 spiro atoms. The molecular formula is C37H48N8O5S. The summed E-state index contributed by atoms with van der Waals surface area (Å²) in [5.74, 6) is -2.00. The van der Waals surface area contributed by atoms with Gasteiger partial charge in [0.25, 0.3) is 0 Å². The third-order valence-corrected chi connectivity index (χ3v) is 9.30. The van der Waals surface area contributed by atoms with Crippen LogP contribution in [-0.4, -0.2) is 62.5 Å². The summed E-state index contributed by atoms with van der Waals surface area (Å²) in [5, 5.41) is 6.10. The van der Waals surface area contributed by atoms with Crippen LogP contribution in [0.4, 0.5) is 0 Å². The number of carbonyl (C=O) groups is 4. The number of benzene rings is 2. The number of aliphatic imine (C=N–C) groups is 1. The zero-order valence-corrected chi connectivity index (χ0v) is 30.2. The lowest BCUT2D eigenvalue weighted by molar-refractivity contribution is -0.133. The van der Waals surface area contributed by atoms with Gasteiger partial charge in [0.1, 0.15) is 18.6 Å². The molecule has 2 aromatic carbocycles. The van der Waals surface area contributed by atoms with Crippen LogP contribution in [0, 0.1) is 11.8 Å². The van der Waals surface area contributed by atoms with Crippen molar-refractivity contribution in [3.05, 3.63) is 83.4 Å². The lowest BCUT2D eigenvalue weighted by Crippen LogP contribution is -2.53. The van der Waals surface area contributed by atoms with Crippen molar-refractivity contribution in [1.29, 1.82) is 0 Å². The lowest BCUT2D eigenvalue weighted by atomic mass is 9.95. The number of aromatic nitrogens is 3. The number of rotatable bonds is 21. The van der Waals surface area contributed by atoms with Gasteiger partial charge in [0.15, 0.2) is 11.0 Å². The molecule has 6 N–H and O–H groups in total. The van der Waals surface area contributed by atoms with Crippen LogP contribution in [-0.2, 0) is 38.9 Å². The Kier molecular flexibility index (Phi) is 14.8. The first-order valence-electron chi connectivity index (χ1n) is 17.2. The van der Waals surface area contributed by atoms with E-state index in [0.29, 0.717) is 31.4 Å². The number of Topliss-reactive ketones (excluding diaryl/α,β-unsaturated/α-hetero) is 2. The van der Waals surface area contributed by atoms with Crippen LogP contribution in [0.3, 0.4) is 0 Å². The average molecular weight is 717 g/mol. The predicted octanol–water partition coefficient (Wildman–Crippen LogP) is 4.15. The van der Waals surface area contributed by atoms with Gasteiger partial charge in [-0.2, -0.15) is 0 Å². The van der Waals surface area contributed by atoms with Crippen LogP contribution in [0.2, 0.25) is 0 Å². The minimum atomic E-state index is -0.947. The van der Waals surface area contributed by atoms with Crippen molar-refractivity contribution in [1.82, 2.24) is 25.2 Å². The molecule has 272 valence electrons. The first-order chi connectivity index (χ1) is 24.5. The second-order valence-electron chi connectivity index (χ2n) is 13.0. The van der Waals surface area contributed by atoms with Crippen LogP contribution < -0.4 is 22.1 Å². The third kappa shape index (κ3) is 12.4. The largest absolute Gasteiger partial charge is 0.370 e. The molecule has 0 bridgehead atoms. The molecule has 4 aromatic rings. The molecule has 2 amide bonds. The van der Waals surface area contributed by atoms with Crippen LogP contribution in [0.5, 0.6) is 0 Å². The quantitative estimate of drug-likeness (QED) is 0.0424. The fraction of sp³-hybridized carbons (Fsp3) is 0.432. The summed E-state index contributed by atoms with van der Waals surface area (Å²) in [6.45, 7) is 6.38. The molecule has 0 saturated carbocycles. The maximum atomic E-state index is 13.9. The summed E-state index contributed by atoms with van der Waals surface area (Å²) in [6, 6.07) is 15.3. The van der Waals surface area contributed by atoms with Crippen molar-refractivity contribution in [2.45, 2.75) is 84.7 Å². The predicted molar refractivity (Wildman–Crippen MR) is 198 cm³/mol. The number of carbonyl (C=O) groups excluding carboxylic acids is 4. The first-order valence-corrected chi connectivity index (χ1v) is 18.0. The second kappa shape index (κ2) is 19.4. The topological polar surface area (TPSA) is 197 Å². The van der Waals surface area contributed by atoms with Gasteiger partial charge < -0.3 is 36.2 Å². The van der Waals surface area contributed by atoms with Gasteiger partial charge in [-0.25, -0.2) is 9.97 Å². The van der Waals surface area contributed by atoms with Crippen LogP contribution >= 0.6 is 11.3 Å². The molecule has 13 nitrogen and oxygen atoms in total. The molecule has 0 saturated heterocycles. The van der Waals surface area contributed by atoms with E-state index in [-0.39, 0.29) is 61.0 Å². The van der Waals surface area contributed by atoms with Gasteiger partial charge in [-0.1, -0.05) is 56.3 Å². The summed E-state index contributed by atoms with van der Waals surface area (Å²) in [7, 11) is 0. The molecule has 0 fully saturated rings. The molecule has 14 heteroatoms. The van der Waals surface area contributed by atoms with E-state index in [4.69, 9.17) is 16.2 Å². The number of fused-ring (bicyclic) bond motifs is 1. The van der Waals surface area contributed by atoms with E-state index in [1.54, 1.807) is 17.1 Å². The van der Waals surface area contributed by atoms with E-state index in [0.717, 1.165) is 16.0 Å².